The summed E-state index contributed by atoms with van der Waals surface area (Å²) >= 11 is 0. The van der Waals surface area contributed by atoms with Gasteiger partial charge >= 0.3 is 11.9 Å². The predicted molar refractivity (Wildman–Crippen MR) is 199 cm³/mol. The van der Waals surface area contributed by atoms with E-state index in [0.717, 1.165) is 83.3 Å². The molecule has 1 rings (SSSR count). The fourth-order valence-electron chi connectivity index (χ4n) is 5.17. The normalized spacial score (nSPS) is 11.9. The molecular weight excluding hydrogens is 654 g/mol. The number of amides is 2. The smallest absolute Gasteiger partial charge is 0.335 e. The molecule has 0 aromatic heterocycles. The number of unbranched alkanes of at least 4 members (excludes halogenated alkanes) is 11. The number of carbonyl (C=O) groups excluding carboxylic acids is 4. The number of Topliss-reactive ketones (excluding diaryl/α,β-unsaturated/α-hetero) is 1. The van der Waals surface area contributed by atoms with E-state index in [-0.39, 0.29) is 48.5 Å². The van der Waals surface area contributed by atoms with Crippen molar-refractivity contribution in [3.63, 3.8) is 0 Å². The first kappa shape index (κ1) is 47.2. The van der Waals surface area contributed by atoms with Crippen LogP contribution in [0.1, 0.15) is 146 Å². The molecule has 0 spiro atoms. The van der Waals surface area contributed by atoms with Crippen LogP contribution in [0.25, 0.3) is 0 Å². The first-order valence-electron chi connectivity index (χ1n) is 18.8. The van der Waals surface area contributed by atoms with Gasteiger partial charge in [-0.15, -0.1) is 0 Å². The summed E-state index contributed by atoms with van der Waals surface area (Å²) in [4.78, 5) is 69.8. The van der Waals surface area contributed by atoms with Gasteiger partial charge in [0.2, 0.25) is 11.8 Å². The van der Waals surface area contributed by atoms with Gasteiger partial charge in [-0.05, 0) is 83.8 Å². The Labute approximate surface area is 305 Å². The number of nitrogens with one attached hydrogen (secondary N) is 2. The summed E-state index contributed by atoms with van der Waals surface area (Å²) in [5.74, 6) is -1.84. The third-order valence-electron chi connectivity index (χ3n) is 8.41. The fraction of sp³-hybridized carbons (Fsp3) is 0.692. The van der Waals surface area contributed by atoms with E-state index in [2.05, 4.69) is 17.6 Å². The maximum Gasteiger partial charge on any atom is 0.335 e. The Balaban J connectivity index is 0.00000194. The Morgan fingerprint density at radius 3 is 1.88 bits per heavy atom. The Kier molecular flexibility index (Phi) is 28.7. The van der Waals surface area contributed by atoms with E-state index in [1.54, 1.807) is 19.1 Å². The number of aromatic carboxylic acids is 1. The van der Waals surface area contributed by atoms with Gasteiger partial charge in [0.05, 0.1) is 18.2 Å². The number of ether oxygens (including phenoxy) is 1. The van der Waals surface area contributed by atoms with E-state index in [4.69, 9.17) is 9.84 Å². The molecule has 0 unspecified atom stereocenters. The number of aldehydes is 1. The number of carbonyl (C=O) groups is 6. The first-order valence-corrected chi connectivity index (χ1v) is 18.8. The molecule has 4 N–H and O–H groups in total. The monoisotopic (exact) mass is 719 g/mol. The molecule has 0 fully saturated rings. The van der Waals surface area contributed by atoms with E-state index in [9.17, 15) is 33.9 Å². The highest BCUT2D eigenvalue weighted by Gasteiger charge is 2.20. The van der Waals surface area contributed by atoms with Crippen LogP contribution in [0.15, 0.2) is 24.3 Å². The maximum absolute atomic E-state index is 12.2. The summed E-state index contributed by atoms with van der Waals surface area (Å²) in [7, 11) is 3.90. The summed E-state index contributed by atoms with van der Waals surface area (Å²) < 4.78 is 5.63. The molecule has 290 valence electrons. The number of benzene rings is 1. The molecule has 0 saturated carbocycles. The van der Waals surface area contributed by atoms with Crippen LogP contribution in [-0.2, 0) is 24.0 Å². The summed E-state index contributed by atoms with van der Waals surface area (Å²) in [6, 6.07) is 5.42. The van der Waals surface area contributed by atoms with Crippen LogP contribution in [0.5, 0.6) is 5.75 Å². The Morgan fingerprint density at radius 1 is 0.745 bits per heavy atom. The maximum atomic E-state index is 12.2. The zero-order valence-electron chi connectivity index (χ0n) is 31.6. The first-order chi connectivity index (χ1) is 24.4. The molecule has 51 heavy (non-hydrogen) atoms. The molecule has 12 nitrogen and oxygen atoms in total. The number of hydrogen-bond donors (Lipinski definition) is 4. The number of ketones is 1. The van der Waals surface area contributed by atoms with Crippen molar-refractivity contribution in [2.45, 2.75) is 148 Å². The minimum absolute atomic E-state index is 0.0245. The highest BCUT2D eigenvalue weighted by molar-refractivity contribution is 5.87. The fourth-order valence-corrected chi connectivity index (χ4v) is 5.17. The van der Waals surface area contributed by atoms with Crippen LogP contribution < -0.4 is 15.4 Å². The number of aliphatic carboxylic acids is 1. The molecule has 2 atom stereocenters. The molecule has 0 saturated heterocycles. The van der Waals surface area contributed by atoms with Crippen LogP contribution in [0.4, 0.5) is 0 Å². The largest absolute Gasteiger partial charge is 0.494 e. The lowest BCUT2D eigenvalue weighted by Crippen LogP contribution is -2.41. The van der Waals surface area contributed by atoms with Crippen molar-refractivity contribution < 1.29 is 43.7 Å². The van der Waals surface area contributed by atoms with Crippen LogP contribution in [-0.4, -0.2) is 90.3 Å². The Bertz CT molecular complexity index is 1130. The number of carboxylic acids is 2. The number of carboxylic acid groups (broad SMARTS) is 2. The average molecular weight is 720 g/mol. The van der Waals surface area contributed by atoms with Crippen molar-refractivity contribution in [1.82, 2.24) is 15.5 Å². The molecule has 1 aromatic rings. The highest BCUT2D eigenvalue weighted by Crippen LogP contribution is 2.14. The van der Waals surface area contributed by atoms with Crippen molar-refractivity contribution >= 4 is 35.8 Å². The van der Waals surface area contributed by atoms with E-state index in [1.165, 1.54) is 25.0 Å². The third kappa shape index (κ3) is 27.6. The lowest BCUT2D eigenvalue weighted by molar-refractivity contribution is -0.142. The van der Waals surface area contributed by atoms with Gasteiger partial charge in [0.15, 0.2) is 0 Å². The zero-order chi connectivity index (χ0) is 38.3. The molecule has 1 aromatic carbocycles. The van der Waals surface area contributed by atoms with E-state index < -0.39 is 18.0 Å². The lowest BCUT2D eigenvalue weighted by Gasteiger charge is -2.17. The SMILES string of the molecule is CC(=O)CCCCCNC(=O)CC[C@H](NC(=O)CCCCCCCCCCOc1ccc(C(=O)O)cc1)C(=O)O.CCCCC[C@@H](C=O)N(C)C. The van der Waals surface area contributed by atoms with Crippen molar-refractivity contribution in [2.24, 2.45) is 0 Å². The molecule has 0 radical (unpaired) electrons. The van der Waals surface area contributed by atoms with Crippen LogP contribution in [0.3, 0.4) is 0 Å². The molecule has 0 aliphatic heterocycles. The topological polar surface area (TPSA) is 179 Å². The molecule has 0 aliphatic carbocycles. The van der Waals surface area contributed by atoms with E-state index in [1.807, 2.05) is 19.0 Å². The third-order valence-corrected chi connectivity index (χ3v) is 8.41. The number of likely N-dealkylation sites (N-methyl/N-ethyl adjacent to an activating group) is 1. The van der Waals surface area contributed by atoms with Gasteiger partial charge in [0.1, 0.15) is 23.9 Å². The van der Waals surface area contributed by atoms with Crippen molar-refractivity contribution in [3.8, 4) is 5.75 Å². The van der Waals surface area contributed by atoms with Crippen molar-refractivity contribution in [1.29, 1.82) is 0 Å². The second kappa shape index (κ2) is 31.0. The molecule has 12 heteroatoms. The highest BCUT2D eigenvalue weighted by atomic mass is 16.5. The number of rotatable bonds is 30. The number of nitrogens with zero attached hydrogens (tertiary/aromatic N) is 1. The molecule has 2 amide bonds. The molecule has 0 bridgehead atoms. The van der Waals surface area contributed by atoms with Gasteiger partial charge in [-0.2, -0.15) is 0 Å². The van der Waals surface area contributed by atoms with Gasteiger partial charge in [0.25, 0.3) is 0 Å². The quantitative estimate of drug-likeness (QED) is 0.0501. The van der Waals surface area contributed by atoms with Crippen LogP contribution in [0, 0.1) is 0 Å². The Hall–Kier alpha value is -3.80. The molecule has 0 aliphatic rings. The summed E-state index contributed by atoms with van der Waals surface area (Å²) in [5, 5.41) is 23.6. The second-order valence-corrected chi connectivity index (χ2v) is 13.3. The predicted octanol–water partition coefficient (Wildman–Crippen LogP) is 6.59. The minimum atomic E-state index is -1.15. The van der Waals surface area contributed by atoms with Gasteiger partial charge in [-0.3, -0.25) is 9.59 Å². The zero-order valence-corrected chi connectivity index (χ0v) is 31.6. The van der Waals surface area contributed by atoms with Crippen molar-refractivity contribution in [2.75, 3.05) is 27.2 Å². The summed E-state index contributed by atoms with van der Waals surface area (Å²) in [6.07, 6.45) is 16.8. The van der Waals surface area contributed by atoms with Gasteiger partial charge in [-0.1, -0.05) is 71.1 Å². The van der Waals surface area contributed by atoms with Gasteiger partial charge in [-0.25, -0.2) is 9.59 Å². The van der Waals surface area contributed by atoms with Crippen LogP contribution in [0.2, 0.25) is 0 Å². The minimum Gasteiger partial charge on any atom is -0.494 e. The van der Waals surface area contributed by atoms with Gasteiger partial charge in [0, 0.05) is 25.8 Å². The van der Waals surface area contributed by atoms with E-state index in [0.29, 0.717) is 31.7 Å². The van der Waals surface area contributed by atoms with Gasteiger partial charge < -0.3 is 40.1 Å². The second-order valence-electron chi connectivity index (χ2n) is 13.3. The lowest BCUT2D eigenvalue weighted by atomic mass is 10.1. The summed E-state index contributed by atoms with van der Waals surface area (Å²) in [5.41, 5.74) is 0.236. The van der Waals surface area contributed by atoms with Crippen molar-refractivity contribution in [3.05, 3.63) is 29.8 Å². The Morgan fingerprint density at radius 2 is 1.33 bits per heavy atom. The molecular formula is C39H65N3O9. The average Bonchev–Trinajstić information content (AvgIpc) is 3.09. The number of hydrogen-bond acceptors (Lipinski definition) is 8. The summed E-state index contributed by atoms with van der Waals surface area (Å²) in [6.45, 7) is 4.80. The van der Waals surface area contributed by atoms with E-state index >= 15 is 0 Å². The van der Waals surface area contributed by atoms with Crippen LogP contribution >= 0.6 is 0 Å². The standard InChI is InChI=1S/C30H46N2O8.C9H19NO/c1-23(33)13-9-8-11-21-31-27(34)20-19-26(30(38)39)32-28(35)14-10-6-4-2-3-5-7-12-22-40-25-17-15-24(16-18-25)29(36)37;1-4-5-6-7-9(8-11)10(2)3/h15-18,26H,2-14,19-22H2,1H3,(H,31,34)(H,32,35)(H,36,37)(H,38,39);8-9H,4-7H2,1-3H3/t26-;9-/m00/s1. The molecule has 0 heterocycles.